The molecule has 0 N–H and O–H groups in total. The third kappa shape index (κ3) is 2.47. The van der Waals surface area contributed by atoms with E-state index >= 15 is 0 Å². The summed E-state index contributed by atoms with van der Waals surface area (Å²) in [5.41, 5.74) is 1.68. The van der Waals surface area contributed by atoms with Crippen molar-refractivity contribution in [2.75, 3.05) is 0 Å². The average Bonchev–Trinajstić information content (AvgIpc) is 2.67. The summed E-state index contributed by atoms with van der Waals surface area (Å²) in [4.78, 5) is 8.96. The summed E-state index contributed by atoms with van der Waals surface area (Å²) >= 11 is 12.2. The van der Waals surface area contributed by atoms with Crippen molar-refractivity contribution < 1.29 is 0 Å². The Hall–Kier alpha value is -0.800. The van der Waals surface area contributed by atoms with Crippen molar-refractivity contribution in [3.8, 4) is 0 Å². The van der Waals surface area contributed by atoms with E-state index in [0.717, 1.165) is 29.8 Å². The third-order valence-electron chi connectivity index (χ3n) is 3.03. The molecule has 0 radical (unpaired) electrons. The number of alkyl halides is 1. The van der Waals surface area contributed by atoms with Crippen LogP contribution in [0.3, 0.4) is 0 Å². The van der Waals surface area contributed by atoms with Gasteiger partial charge < -0.3 is 4.57 Å². The second kappa shape index (κ2) is 5.45. The molecule has 0 spiro atoms. The fraction of sp³-hybridized carbons (Fsp3) is 0.538. The Morgan fingerprint density at radius 3 is 2.72 bits per heavy atom. The van der Waals surface area contributed by atoms with Gasteiger partial charge in [-0.2, -0.15) is 0 Å². The molecule has 2 heterocycles. The highest BCUT2D eigenvalue weighted by atomic mass is 35.5. The first-order valence-electron chi connectivity index (χ1n) is 6.22. The Morgan fingerprint density at radius 2 is 2.11 bits per heavy atom. The fourth-order valence-corrected chi connectivity index (χ4v) is 2.54. The number of pyridine rings is 1. The first-order valence-corrected chi connectivity index (χ1v) is 7.03. The zero-order valence-corrected chi connectivity index (χ0v) is 12.3. The Bertz CT molecular complexity index is 548. The molecule has 3 nitrogen and oxygen atoms in total. The van der Waals surface area contributed by atoms with Gasteiger partial charge >= 0.3 is 0 Å². The van der Waals surface area contributed by atoms with Crippen LogP contribution in [0.2, 0.25) is 5.02 Å². The van der Waals surface area contributed by atoms with E-state index in [-0.39, 0.29) is 5.38 Å². The summed E-state index contributed by atoms with van der Waals surface area (Å²) in [5, 5.41) is 0.460. The van der Waals surface area contributed by atoms with Crippen LogP contribution in [0.25, 0.3) is 11.2 Å². The van der Waals surface area contributed by atoms with Crippen molar-refractivity contribution in [2.24, 2.45) is 0 Å². The molecule has 2 rings (SSSR count). The van der Waals surface area contributed by atoms with Crippen LogP contribution < -0.4 is 0 Å². The molecule has 98 valence electrons. The smallest absolute Gasteiger partial charge is 0.160 e. The zero-order valence-electron chi connectivity index (χ0n) is 10.8. The van der Waals surface area contributed by atoms with Crippen molar-refractivity contribution in [3.63, 3.8) is 0 Å². The minimum absolute atomic E-state index is 0.141. The minimum Gasteiger partial charge on any atom is -0.309 e. The Morgan fingerprint density at radius 1 is 1.39 bits per heavy atom. The van der Waals surface area contributed by atoms with Gasteiger partial charge in [-0.15, -0.1) is 11.6 Å². The zero-order chi connectivity index (χ0) is 13.3. The van der Waals surface area contributed by atoms with E-state index in [1.54, 1.807) is 6.20 Å². The van der Waals surface area contributed by atoms with Gasteiger partial charge in [0.25, 0.3) is 0 Å². The number of hydrogen-bond donors (Lipinski definition) is 0. The number of hydrogen-bond acceptors (Lipinski definition) is 2. The highest BCUT2D eigenvalue weighted by molar-refractivity contribution is 6.31. The molecule has 0 fully saturated rings. The summed E-state index contributed by atoms with van der Waals surface area (Å²) in [6.45, 7) is 6.27. The van der Waals surface area contributed by atoms with Gasteiger partial charge in [-0.25, -0.2) is 9.97 Å². The molecular formula is C13H17Cl2N3. The van der Waals surface area contributed by atoms with Crippen molar-refractivity contribution in [3.05, 3.63) is 23.1 Å². The van der Waals surface area contributed by atoms with E-state index < -0.39 is 0 Å². The second-order valence-electron chi connectivity index (χ2n) is 4.59. The van der Waals surface area contributed by atoms with E-state index in [9.17, 15) is 0 Å². The predicted molar refractivity (Wildman–Crippen MR) is 76.4 cm³/mol. The largest absolute Gasteiger partial charge is 0.309 e. The normalized spacial score (nSPS) is 14.9. The van der Waals surface area contributed by atoms with Gasteiger partial charge in [0.05, 0.1) is 10.4 Å². The molecule has 2 unspecified atom stereocenters. The summed E-state index contributed by atoms with van der Waals surface area (Å²) in [6, 6.07) is 2.17. The molecule has 2 atom stereocenters. The highest BCUT2D eigenvalue weighted by Crippen LogP contribution is 2.29. The van der Waals surface area contributed by atoms with Crippen LogP contribution in [-0.4, -0.2) is 14.5 Å². The van der Waals surface area contributed by atoms with Gasteiger partial charge in [-0.1, -0.05) is 24.9 Å². The van der Waals surface area contributed by atoms with Gasteiger partial charge in [0, 0.05) is 12.2 Å². The first-order chi connectivity index (χ1) is 8.54. The van der Waals surface area contributed by atoms with Crippen LogP contribution in [0.1, 0.15) is 50.9 Å². The first kappa shape index (κ1) is 13.6. The molecule has 0 aliphatic heterocycles. The summed E-state index contributed by atoms with van der Waals surface area (Å²) < 4.78 is 2.13. The van der Waals surface area contributed by atoms with Crippen LogP contribution in [-0.2, 0) is 0 Å². The Kier molecular flexibility index (Phi) is 4.13. The number of aromatic nitrogens is 3. The monoisotopic (exact) mass is 285 g/mol. The van der Waals surface area contributed by atoms with Gasteiger partial charge in [-0.05, 0) is 26.3 Å². The van der Waals surface area contributed by atoms with Crippen molar-refractivity contribution in [1.29, 1.82) is 0 Å². The third-order valence-corrected chi connectivity index (χ3v) is 3.43. The summed E-state index contributed by atoms with van der Waals surface area (Å²) in [5.74, 6) is 0.863. The van der Waals surface area contributed by atoms with E-state index in [0.29, 0.717) is 11.1 Å². The van der Waals surface area contributed by atoms with Gasteiger partial charge in [0.1, 0.15) is 11.3 Å². The molecule has 0 saturated heterocycles. The Labute approximate surface area is 117 Å². The number of rotatable bonds is 4. The quantitative estimate of drug-likeness (QED) is 0.760. The maximum absolute atomic E-state index is 6.22. The standard InChI is InChI=1S/C13H17Cl2N3/c1-4-5-8(2)18-12(9(3)14)17-11-6-10(15)7-16-13(11)18/h6-9H,4-5H2,1-3H3. The van der Waals surface area contributed by atoms with Crippen LogP contribution >= 0.6 is 23.2 Å². The minimum atomic E-state index is -0.141. The number of nitrogens with zero attached hydrogens (tertiary/aromatic N) is 3. The highest BCUT2D eigenvalue weighted by Gasteiger charge is 2.19. The van der Waals surface area contributed by atoms with Crippen LogP contribution in [0.15, 0.2) is 12.3 Å². The second-order valence-corrected chi connectivity index (χ2v) is 5.68. The number of imidazole rings is 1. The maximum atomic E-state index is 6.22. The molecular weight excluding hydrogens is 269 g/mol. The van der Waals surface area contributed by atoms with Crippen LogP contribution in [0, 0.1) is 0 Å². The van der Waals surface area contributed by atoms with E-state index in [1.807, 2.05) is 13.0 Å². The molecule has 0 aliphatic rings. The lowest BCUT2D eigenvalue weighted by Gasteiger charge is -2.17. The molecule has 5 heteroatoms. The lowest BCUT2D eigenvalue weighted by Crippen LogP contribution is -2.10. The molecule has 0 aromatic carbocycles. The molecule has 0 amide bonds. The molecule has 2 aromatic heterocycles. The van der Waals surface area contributed by atoms with E-state index in [4.69, 9.17) is 23.2 Å². The van der Waals surface area contributed by atoms with E-state index in [2.05, 4.69) is 28.4 Å². The predicted octanol–water partition coefficient (Wildman–Crippen LogP) is 4.75. The van der Waals surface area contributed by atoms with E-state index in [1.165, 1.54) is 0 Å². The summed E-state index contributed by atoms with van der Waals surface area (Å²) in [6.07, 6.45) is 3.85. The lowest BCUT2D eigenvalue weighted by molar-refractivity contribution is 0.491. The fourth-order valence-electron chi connectivity index (χ4n) is 2.24. The molecule has 0 saturated carbocycles. The van der Waals surface area contributed by atoms with Crippen molar-refractivity contribution in [1.82, 2.24) is 14.5 Å². The van der Waals surface area contributed by atoms with Crippen molar-refractivity contribution in [2.45, 2.75) is 45.0 Å². The van der Waals surface area contributed by atoms with Gasteiger partial charge in [-0.3, -0.25) is 0 Å². The van der Waals surface area contributed by atoms with Gasteiger partial charge in [0.15, 0.2) is 5.65 Å². The summed E-state index contributed by atoms with van der Waals surface area (Å²) in [7, 11) is 0. The Balaban J connectivity index is 2.62. The van der Waals surface area contributed by atoms with Crippen molar-refractivity contribution >= 4 is 34.4 Å². The molecule has 18 heavy (non-hydrogen) atoms. The van der Waals surface area contributed by atoms with Crippen LogP contribution in [0.4, 0.5) is 0 Å². The number of halogens is 2. The lowest BCUT2D eigenvalue weighted by atomic mass is 10.2. The topological polar surface area (TPSA) is 30.7 Å². The molecule has 2 aromatic rings. The maximum Gasteiger partial charge on any atom is 0.160 e. The molecule has 0 bridgehead atoms. The number of fused-ring (bicyclic) bond motifs is 1. The van der Waals surface area contributed by atoms with Gasteiger partial charge in [0.2, 0.25) is 0 Å². The SMILES string of the molecule is CCCC(C)n1c(C(C)Cl)nc2cc(Cl)cnc21. The average molecular weight is 286 g/mol. The molecule has 0 aliphatic carbocycles. The van der Waals surface area contributed by atoms with Crippen LogP contribution in [0.5, 0.6) is 0 Å².